The molecule has 0 amide bonds. The second kappa shape index (κ2) is 5.42. The summed E-state index contributed by atoms with van der Waals surface area (Å²) in [5.41, 5.74) is 0. The average molecular weight is 272 g/mol. The number of hydrogen-bond acceptors (Lipinski definition) is 4. The quantitative estimate of drug-likeness (QED) is 0.911. The molecule has 82 valence electrons. The van der Waals surface area contributed by atoms with Crippen molar-refractivity contribution in [3.05, 3.63) is 17.0 Å². The molecular formula is C10H14BrN3O. The minimum atomic E-state index is 0.707. The Morgan fingerprint density at radius 3 is 3.27 bits per heavy atom. The molecule has 5 heteroatoms. The molecule has 1 aromatic heterocycles. The molecule has 1 saturated heterocycles. The maximum Gasteiger partial charge on any atom is 0.143 e. The summed E-state index contributed by atoms with van der Waals surface area (Å²) in [4.78, 5) is 8.05. The first-order valence-corrected chi connectivity index (χ1v) is 5.92. The van der Waals surface area contributed by atoms with Crippen molar-refractivity contribution in [2.75, 3.05) is 25.1 Å². The van der Waals surface area contributed by atoms with E-state index >= 15 is 0 Å². The Morgan fingerprint density at radius 2 is 2.53 bits per heavy atom. The van der Waals surface area contributed by atoms with Gasteiger partial charge in [-0.1, -0.05) is 0 Å². The third-order valence-corrected chi connectivity index (χ3v) is 3.12. The third-order valence-electron chi connectivity index (χ3n) is 2.54. The van der Waals surface area contributed by atoms with Gasteiger partial charge in [0.25, 0.3) is 0 Å². The van der Waals surface area contributed by atoms with Crippen molar-refractivity contribution < 1.29 is 4.74 Å². The van der Waals surface area contributed by atoms with E-state index in [0.29, 0.717) is 5.92 Å². The number of ether oxygens (including phenoxy) is 1. The fourth-order valence-corrected chi connectivity index (χ4v) is 2.01. The van der Waals surface area contributed by atoms with Gasteiger partial charge in [-0.05, 0) is 34.7 Å². The Hall–Kier alpha value is -0.680. The lowest BCUT2D eigenvalue weighted by molar-refractivity contribution is 0.185. The maximum atomic E-state index is 5.32. The van der Waals surface area contributed by atoms with Crippen LogP contribution in [0.25, 0.3) is 0 Å². The second-order valence-corrected chi connectivity index (χ2v) is 4.52. The number of nitrogens with one attached hydrogen (secondary N) is 1. The minimum Gasteiger partial charge on any atom is -0.381 e. The second-order valence-electron chi connectivity index (χ2n) is 3.66. The van der Waals surface area contributed by atoms with Crippen LogP contribution in [0.4, 0.5) is 5.82 Å². The highest BCUT2D eigenvalue weighted by atomic mass is 79.9. The van der Waals surface area contributed by atoms with Gasteiger partial charge in [-0.15, -0.1) is 0 Å². The highest BCUT2D eigenvalue weighted by molar-refractivity contribution is 9.10. The van der Waals surface area contributed by atoms with E-state index in [2.05, 4.69) is 31.2 Å². The number of hydrogen-bond donors (Lipinski definition) is 1. The number of rotatable bonds is 4. The zero-order chi connectivity index (χ0) is 10.5. The Balaban J connectivity index is 1.75. The van der Waals surface area contributed by atoms with Gasteiger partial charge in [-0.3, -0.25) is 0 Å². The van der Waals surface area contributed by atoms with Crippen molar-refractivity contribution in [2.24, 2.45) is 5.92 Å². The van der Waals surface area contributed by atoms with Crippen LogP contribution in [-0.4, -0.2) is 29.7 Å². The molecule has 0 radical (unpaired) electrons. The minimum absolute atomic E-state index is 0.707. The molecule has 0 saturated carbocycles. The van der Waals surface area contributed by atoms with Crippen molar-refractivity contribution in [2.45, 2.75) is 12.8 Å². The van der Waals surface area contributed by atoms with E-state index in [1.165, 1.54) is 6.42 Å². The molecule has 0 spiro atoms. The van der Waals surface area contributed by atoms with E-state index in [4.69, 9.17) is 4.74 Å². The van der Waals surface area contributed by atoms with E-state index < -0.39 is 0 Å². The van der Waals surface area contributed by atoms with Gasteiger partial charge in [0.2, 0.25) is 0 Å². The Kier molecular flexibility index (Phi) is 3.91. The molecule has 0 aliphatic carbocycles. The SMILES string of the molecule is Brc1cncnc1NCCC1CCOC1. The molecule has 1 N–H and O–H groups in total. The normalized spacial score (nSPS) is 20.5. The zero-order valence-electron chi connectivity index (χ0n) is 8.45. The van der Waals surface area contributed by atoms with Gasteiger partial charge >= 0.3 is 0 Å². The summed E-state index contributed by atoms with van der Waals surface area (Å²) >= 11 is 3.40. The van der Waals surface area contributed by atoms with Gasteiger partial charge in [0.1, 0.15) is 12.1 Å². The van der Waals surface area contributed by atoms with Gasteiger partial charge in [-0.2, -0.15) is 0 Å². The summed E-state index contributed by atoms with van der Waals surface area (Å²) in [6.45, 7) is 2.76. The molecule has 1 unspecified atom stereocenters. The molecule has 1 atom stereocenters. The molecule has 1 aromatic rings. The van der Waals surface area contributed by atoms with Gasteiger partial charge in [0, 0.05) is 26.0 Å². The molecule has 2 heterocycles. The average Bonchev–Trinajstić information content (AvgIpc) is 2.74. The molecule has 0 bridgehead atoms. The van der Waals surface area contributed by atoms with Gasteiger partial charge < -0.3 is 10.1 Å². The van der Waals surface area contributed by atoms with E-state index in [-0.39, 0.29) is 0 Å². The maximum absolute atomic E-state index is 5.32. The van der Waals surface area contributed by atoms with Crippen molar-refractivity contribution >= 4 is 21.7 Å². The van der Waals surface area contributed by atoms with Gasteiger partial charge in [-0.25, -0.2) is 9.97 Å². The molecule has 4 nitrogen and oxygen atoms in total. The predicted octanol–water partition coefficient (Wildman–Crippen LogP) is 2.08. The lowest BCUT2D eigenvalue weighted by Gasteiger charge is -2.09. The monoisotopic (exact) mass is 271 g/mol. The Morgan fingerprint density at radius 1 is 1.60 bits per heavy atom. The molecule has 1 aliphatic heterocycles. The first-order valence-electron chi connectivity index (χ1n) is 5.13. The van der Waals surface area contributed by atoms with Gasteiger partial charge in [0.05, 0.1) is 4.47 Å². The zero-order valence-corrected chi connectivity index (χ0v) is 10.0. The van der Waals surface area contributed by atoms with Crippen LogP contribution in [0, 0.1) is 5.92 Å². The van der Waals surface area contributed by atoms with Crippen molar-refractivity contribution in [1.29, 1.82) is 0 Å². The van der Waals surface area contributed by atoms with E-state index in [1.807, 2.05) is 0 Å². The molecule has 2 rings (SSSR count). The van der Waals surface area contributed by atoms with Crippen molar-refractivity contribution in [3.63, 3.8) is 0 Å². The Labute approximate surface area is 97.6 Å². The largest absolute Gasteiger partial charge is 0.381 e. The number of anilines is 1. The summed E-state index contributed by atoms with van der Waals surface area (Å²) in [7, 11) is 0. The summed E-state index contributed by atoms with van der Waals surface area (Å²) in [6, 6.07) is 0. The fraction of sp³-hybridized carbons (Fsp3) is 0.600. The number of aromatic nitrogens is 2. The van der Waals surface area contributed by atoms with Crippen LogP contribution in [0.15, 0.2) is 17.0 Å². The lowest BCUT2D eigenvalue weighted by Crippen LogP contribution is -2.10. The fourth-order valence-electron chi connectivity index (χ4n) is 1.65. The number of halogens is 1. The molecule has 1 fully saturated rings. The summed E-state index contributed by atoms with van der Waals surface area (Å²) in [6.07, 6.45) is 5.61. The van der Waals surface area contributed by atoms with Crippen LogP contribution in [-0.2, 0) is 4.74 Å². The molecule has 0 aromatic carbocycles. The summed E-state index contributed by atoms with van der Waals surface area (Å²) in [5, 5.41) is 3.29. The van der Waals surface area contributed by atoms with Crippen molar-refractivity contribution in [3.8, 4) is 0 Å². The predicted molar refractivity (Wildman–Crippen MR) is 61.8 cm³/mol. The molecule has 1 aliphatic rings. The third kappa shape index (κ3) is 3.14. The van der Waals surface area contributed by atoms with E-state index in [9.17, 15) is 0 Å². The highest BCUT2D eigenvalue weighted by Crippen LogP contribution is 2.19. The van der Waals surface area contributed by atoms with Crippen LogP contribution in [0.2, 0.25) is 0 Å². The van der Waals surface area contributed by atoms with E-state index in [1.54, 1.807) is 12.5 Å². The lowest BCUT2D eigenvalue weighted by atomic mass is 10.1. The summed E-state index contributed by atoms with van der Waals surface area (Å²) < 4.78 is 6.23. The van der Waals surface area contributed by atoms with Crippen LogP contribution in [0.1, 0.15) is 12.8 Å². The number of nitrogens with zero attached hydrogens (tertiary/aromatic N) is 2. The summed E-state index contributed by atoms with van der Waals surface area (Å²) in [5.74, 6) is 1.57. The van der Waals surface area contributed by atoms with Crippen LogP contribution in [0.3, 0.4) is 0 Å². The van der Waals surface area contributed by atoms with Crippen molar-refractivity contribution in [1.82, 2.24) is 9.97 Å². The Bertz CT molecular complexity index is 315. The highest BCUT2D eigenvalue weighted by Gasteiger charge is 2.14. The topological polar surface area (TPSA) is 47.0 Å². The first kappa shape index (κ1) is 10.8. The van der Waals surface area contributed by atoms with Gasteiger partial charge in [0.15, 0.2) is 0 Å². The molecular weight excluding hydrogens is 258 g/mol. The van der Waals surface area contributed by atoms with E-state index in [0.717, 1.165) is 36.5 Å². The van der Waals surface area contributed by atoms with Crippen LogP contribution in [0.5, 0.6) is 0 Å². The van der Waals surface area contributed by atoms with Crippen LogP contribution < -0.4 is 5.32 Å². The standard InChI is InChI=1S/C10H14BrN3O/c11-9-5-12-7-14-10(9)13-3-1-8-2-4-15-6-8/h5,7-8H,1-4,6H2,(H,12,13,14). The smallest absolute Gasteiger partial charge is 0.143 e. The van der Waals surface area contributed by atoms with Crippen LogP contribution >= 0.6 is 15.9 Å². The molecule has 15 heavy (non-hydrogen) atoms. The first-order chi connectivity index (χ1) is 7.36.